The summed E-state index contributed by atoms with van der Waals surface area (Å²) in [7, 11) is 0. The average Bonchev–Trinajstić information content (AvgIpc) is 3.26. The predicted octanol–water partition coefficient (Wildman–Crippen LogP) is 3.87. The molecule has 0 aliphatic heterocycles. The molecule has 1 heterocycles. The van der Waals surface area contributed by atoms with Crippen molar-refractivity contribution in [3.05, 3.63) is 113 Å². The first-order chi connectivity index (χ1) is 17.0. The van der Waals surface area contributed by atoms with E-state index in [2.05, 4.69) is 34.6 Å². The van der Waals surface area contributed by atoms with E-state index in [9.17, 15) is 14.7 Å². The number of allylic oxidation sites excluding steroid dienone is 4. The van der Waals surface area contributed by atoms with Crippen LogP contribution in [0.1, 0.15) is 51.0 Å². The molecule has 1 aliphatic carbocycles. The maximum absolute atomic E-state index is 13.1. The summed E-state index contributed by atoms with van der Waals surface area (Å²) in [5.74, 6) is -0.771. The number of carbonyl (C=O) groups is 2. The maximum Gasteiger partial charge on any atom is 0.326 e. The number of benzene rings is 2. The number of imidazole rings is 1. The molecule has 0 fully saturated rings. The van der Waals surface area contributed by atoms with Crippen LogP contribution < -0.4 is 11.1 Å². The lowest BCUT2D eigenvalue weighted by atomic mass is 9.81. The molecular weight excluding hydrogens is 440 g/mol. The lowest BCUT2D eigenvalue weighted by Crippen LogP contribution is -2.42. The summed E-state index contributed by atoms with van der Waals surface area (Å²) < 4.78 is 0. The van der Waals surface area contributed by atoms with Gasteiger partial charge in [0, 0.05) is 18.9 Å². The second kappa shape index (κ2) is 11.0. The van der Waals surface area contributed by atoms with Crippen molar-refractivity contribution in [3.8, 4) is 0 Å². The van der Waals surface area contributed by atoms with Gasteiger partial charge in [-0.3, -0.25) is 4.79 Å². The monoisotopic (exact) mass is 470 g/mol. The van der Waals surface area contributed by atoms with E-state index >= 15 is 0 Å². The zero-order chi connectivity index (χ0) is 24.8. The number of carbonyl (C=O) groups excluding carboxylic acids is 1. The van der Waals surface area contributed by atoms with E-state index in [4.69, 9.17) is 10.7 Å². The Morgan fingerprint density at radius 2 is 1.83 bits per heavy atom. The molecule has 1 aliphatic rings. The molecule has 2 unspecified atom stereocenters. The highest BCUT2D eigenvalue weighted by molar-refractivity contribution is 5.96. The van der Waals surface area contributed by atoms with E-state index in [1.165, 1.54) is 0 Å². The number of carboxylic acids is 1. The van der Waals surface area contributed by atoms with Gasteiger partial charge in [0.1, 0.15) is 17.6 Å². The third-order valence-electron chi connectivity index (χ3n) is 6.33. The van der Waals surface area contributed by atoms with Crippen molar-refractivity contribution in [1.29, 1.82) is 0 Å². The van der Waals surface area contributed by atoms with Gasteiger partial charge in [-0.1, -0.05) is 78.9 Å². The minimum Gasteiger partial charge on any atom is -0.480 e. The van der Waals surface area contributed by atoms with E-state index in [1.54, 1.807) is 6.92 Å². The van der Waals surface area contributed by atoms with Crippen molar-refractivity contribution in [2.24, 2.45) is 11.7 Å². The van der Waals surface area contributed by atoms with Crippen LogP contribution in [-0.4, -0.2) is 33.0 Å². The number of carboxylic acid groups (broad SMARTS) is 1. The largest absolute Gasteiger partial charge is 0.480 e. The fourth-order valence-corrected chi connectivity index (χ4v) is 4.44. The molecule has 0 spiro atoms. The molecular formula is C28H30N4O3. The van der Waals surface area contributed by atoms with Gasteiger partial charge < -0.3 is 21.1 Å². The third-order valence-corrected chi connectivity index (χ3v) is 6.33. The Bertz CT molecular complexity index is 1230. The Kier molecular flexibility index (Phi) is 7.57. The molecule has 2 aromatic carbocycles. The fraction of sp³-hybridized carbons (Fsp3) is 0.250. The Labute approximate surface area is 204 Å². The molecule has 5 N–H and O–H groups in total. The Hall–Kier alpha value is -3.97. The summed E-state index contributed by atoms with van der Waals surface area (Å²) in [6, 6.07) is 16.4. The number of nitrogens with two attached hydrogens (primary N) is 1. The van der Waals surface area contributed by atoms with Crippen LogP contribution in [0.25, 0.3) is 0 Å². The van der Waals surface area contributed by atoms with Gasteiger partial charge >= 0.3 is 5.97 Å². The number of hydrogen-bond donors (Lipinski definition) is 4. The Morgan fingerprint density at radius 3 is 2.46 bits per heavy atom. The zero-order valence-electron chi connectivity index (χ0n) is 19.6. The normalized spacial score (nSPS) is 16.6. The summed E-state index contributed by atoms with van der Waals surface area (Å²) in [6.07, 6.45) is 9.37. The molecule has 0 radical (unpaired) electrons. The first-order valence-electron chi connectivity index (χ1n) is 11.7. The number of aromatic amines is 1. The number of nitrogens with one attached hydrogen (secondary N) is 2. The van der Waals surface area contributed by atoms with Crippen molar-refractivity contribution in [2.45, 2.75) is 38.3 Å². The van der Waals surface area contributed by atoms with Crippen LogP contribution in [0, 0.1) is 12.8 Å². The SMILES string of the molecule is Cc1nc(C(c2ccccc2)C2C=CC=CC2)[nH]c1C(=O)N[C@@H](Cc1ccc(CN)cc1)C(=O)O. The van der Waals surface area contributed by atoms with E-state index in [0.717, 1.165) is 23.1 Å². The molecule has 0 bridgehead atoms. The summed E-state index contributed by atoms with van der Waals surface area (Å²) in [5.41, 5.74) is 9.31. The summed E-state index contributed by atoms with van der Waals surface area (Å²) in [6.45, 7) is 2.17. The van der Waals surface area contributed by atoms with E-state index in [1.807, 2.05) is 54.6 Å². The van der Waals surface area contributed by atoms with Crippen molar-refractivity contribution >= 4 is 11.9 Å². The van der Waals surface area contributed by atoms with Gasteiger partial charge in [-0.15, -0.1) is 0 Å². The van der Waals surface area contributed by atoms with Gasteiger partial charge in [-0.25, -0.2) is 9.78 Å². The van der Waals surface area contributed by atoms with E-state index in [-0.39, 0.29) is 24.0 Å². The molecule has 4 rings (SSSR count). The van der Waals surface area contributed by atoms with Crippen LogP contribution >= 0.6 is 0 Å². The number of amides is 1. The van der Waals surface area contributed by atoms with Gasteiger partial charge in [-0.2, -0.15) is 0 Å². The standard InChI is InChI=1S/C28H30N4O3/c1-18-25(27(33)31-23(28(34)35)16-19-12-14-20(17-29)15-13-19)32-26(30-18)24(21-8-4-2-5-9-21)22-10-6-3-7-11-22/h2-10,12-15,22-24H,11,16-17,29H2,1H3,(H,30,32)(H,31,33)(H,34,35)/t22?,23-,24?/m0/s1. The van der Waals surface area contributed by atoms with Crippen molar-refractivity contribution in [3.63, 3.8) is 0 Å². The van der Waals surface area contributed by atoms with E-state index < -0.39 is 17.9 Å². The summed E-state index contributed by atoms with van der Waals surface area (Å²) in [4.78, 5) is 33.0. The van der Waals surface area contributed by atoms with Crippen LogP contribution in [0.5, 0.6) is 0 Å². The van der Waals surface area contributed by atoms with Crippen LogP contribution in [0.15, 0.2) is 78.9 Å². The van der Waals surface area contributed by atoms with Gasteiger partial charge in [-0.05, 0) is 36.0 Å². The number of rotatable bonds is 9. The fourth-order valence-electron chi connectivity index (χ4n) is 4.44. The highest BCUT2D eigenvalue weighted by Crippen LogP contribution is 2.35. The molecule has 35 heavy (non-hydrogen) atoms. The molecule has 7 heteroatoms. The summed E-state index contributed by atoms with van der Waals surface area (Å²) in [5, 5.41) is 12.4. The topological polar surface area (TPSA) is 121 Å². The maximum atomic E-state index is 13.1. The van der Waals surface area contributed by atoms with Crippen molar-refractivity contribution in [1.82, 2.24) is 15.3 Å². The third kappa shape index (κ3) is 5.75. The second-order valence-corrected chi connectivity index (χ2v) is 8.77. The highest BCUT2D eigenvalue weighted by atomic mass is 16.4. The molecule has 180 valence electrons. The first-order valence-corrected chi connectivity index (χ1v) is 11.7. The molecule has 3 atom stereocenters. The van der Waals surface area contributed by atoms with E-state index in [0.29, 0.717) is 18.1 Å². The molecule has 3 aromatic rings. The van der Waals surface area contributed by atoms with Crippen molar-refractivity contribution < 1.29 is 14.7 Å². The van der Waals surface area contributed by atoms with Gasteiger partial charge in [0.25, 0.3) is 5.91 Å². The van der Waals surface area contributed by atoms with Gasteiger partial charge in [0.2, 0.25) is 0 Å². The van der Waals surface area contributed by atoms with Crippen LogP contribution in [0.4, 0.5) is 0 Å². The number of hydrogen-bond acceptors (Lipinski definition) is 4. The molecule has 1 amide bonds. The lowest BCUT2D eigenvalue weighted by Gasteiger charge is -2.24. The number of nitrogens with zero attached hydrogens (tertiary/aromatic N) is 1. The van der Waals surface area contributed by atoms with Crippen LogP contribution in [-0.2, 0) is 17.8 Å². The smallest absolute Gasteiger partial charge is 0.326 e. The minimum atomic E-state index is -1.10. The van der Waals surface area contributed by atoms with Gasteiger partial charge in [0.15, 0.2) is 0 Å². The molecule has 0 saturated carbocycles. The predicted molar refractivity (Wildman–Crippen MR) is 135 cm³/mol. The highest BCUT2D eigenvalue weighted by Gasteiger charge is 2.29. The molecule has 1 aromatic heterocycles. The molecule has 7 nitrogen and oxygen atoms in total. The van der Waals surface area contributed by atoms with Crippen LogP contribution in [0.2, 0.25) is 0 Å². The number of aliphatic carboxylic acids is 1. The Balaban J connectivity index is 1.56. The minimum absolute atomic E-state index is 0.0611. The van der Waals surface area contributed by atoms with Crippen molar-refractivity contribution in [2.75, 3.05) is 0 Å². The summed E-state index contributed by atoms with van der Waals surface area (Å²) >= 11 is 0. The zero-order valence-corrected chi connectivity index (χ0v) is 19.6. The number of aromatic nitrogens is 2. The lowest BCUT2D eigenvalue weighted by molar-refractivity contribution is -0.139. The Morgan fingerprint density at radius 1 is 1.11 bits per heavy atom. The second-order valence-electron chi connectivity index (χ2n) is 8.77. The first kappa shape index (κ1) is 24.2. The van der Waals surface area contributed by atoms with Crippen LogP contribution in [0.3, 0.4) is 0 Å². The number of H-pyrrole nitrogens is 1. The number of aryl methyl sites for hydroxylation is 1. The average molecular weight is 471 g/mol. The van der Waals surface area contributed by atoms with Gasteiger partial charge in [0.05, 0.1) is 5.69 Å². The quantitative estimate of drug-likeness (QED) is 0.378. The molecule has 0 saturated heterocycles.